The molecule has 156 valence electrons. The van der Waals surface area contributed by atoms with Gasteiger partial charge in [-0.25, -0.2) is 14.1 Å². The van der Waals surface area contributed by atoms with Crippen molar-refractivity contribution in [1.29, 1.82) is 0 Å². The summed E-state index contributed by atoms with van der Waals surface area (Å²) in [4.78, 5) is 5.30. The predicted molar refractivity (Wildman–Crippen MR) is 127 cm³/mol. The van der Waals surface area contributed by atoms with Crippen molar-refractivity contribution in [1.82, 2.24) is 9.55 Å². The van der Waals surface area contributed by atoms with Crippen molar-refractivity contribution in [3.05, 3.63) is 47.0 Å². The van der Waals surface area contributed by atoms with E-state index >= 15 is 0 Å². The molecule has 0 amide bonds. The lowest BCUT2D eigenvalue weighted by molar-refractivity contribution is -0.634. The molecule has 1 aliphatic rings. The maximum atomic E-state index is 5.30. The summed E-state index contributed by atoms with van der Waals surface area (Å²) >= 11 is 1.92. The summed E-state index contributed by atoms with van der Waals surface area (Å²) in [5, 5.41) is 1.35. The first-order valence-corrected chi connectivity index (χ1v) is 12.1. The van der Waals surface area contributed by atoms with E-state index in [1.807, 2.05) is 11.3 Å². The van der Waals surface area contributed by atoms with Gasteiger partial charge in [-0.05, 0) is 64.3 Å². The Bertz CT molecular complexity index is 1230. The van der Waals surface area contributed by atoms with Crippen LogP contribution in [0.4, 0.5) is 0 Å². The predicted octanol–water partition coefficient (Wildman–Crippen LogP) is 6.85. The number of nitrogens with zero attached hydrogens (tertiary/aromatic N) is 3. The lowest BCUT2D eigenvalue weighted by atomic mass is 9.90. The van der Waals surface area contributed by atoms with E-state index in [1.165, 1.54) is 75.3 Å². The van der Waals surface area contributed by atoms with E-state index in [-0.39, 0.29) is 5.54 Å². The van der Waals surface area contributed by atoms with Crippen molar-refractivity contribution in [2.75, 3.05) is 0 Å². The van der Waals surface area contributed by atoms with Crippen molar-refractivity contribution >= 4 is 32.6 Å². The Morgan fingerprint density at radius 1 is 1.03 bits per heavy atom. The van der Waals surface area contributed by atoms with Gasteiger partial charge < -0.3 is 0 Å². The molecule has 0 radical (unpaired) electrons. The number of imidazole rings is 1. The van der Waals surface area contributed by atoms with Crippen LogP contribution in [0.2, 0.25) is 0 Å². The first kappa shape index (κ1) is 19.7. The zero-order valence-corrected chi connectivity index (χ0v) is 19.6. The van der Waals surface area contributed by atoms with Crippen molar-refractivity contribution in [2.45, 2.75) is 71.3 Å². The number of hydrogen-bond donors (Lipinski definition) is 0. The van der Waals surface area contributed by atoms with Gasteiger partial charge in [-0.2, -0.15) is 0 Å². The van der Waals surface area contributed by atoms with Gasteiger partial charge in [0, 0.05) is 5.92 Å². The van der Waals surface area contributed by atoms with E-state index in [2.05, 4.69) is 80.3 Å². The fraction of sp³-hybridized carbons (Fsp3) is 0.462. The molecular formula is C26H32N3S+. The van der Waals surface area contributed by atoms with Crippen LogP contribution in [0.1, 0.15) is 69.4 Å². The molecule has 30 heavy (non-hydrogen) atoms. The minimum Gasteiger partial charge on any atom is -0.240 e. The smallest absolute Gasteiger partial charge is 0.240 e. The molecule has 3 nitrogen and oxygen atoms in total. The molecule has 1 aliphatic carbocycles. The Balaban J connectivity index is 1.81. The second kappa shape index (κ2) is 7.19. The second-order valence-electron chi connectivity index (χ2n) is 9.87. The SMILES string of the molecule is Cc1ccc2sc(C3CCCCC3)nc2c1-c1n(C(C)(C)C)c2ccccc2[n+]1C. The molecule has 2 aromatic heterocycles. The standard InChI is InChI=1S/C26H32N3S/c1-17-15-16-21-23(27-24(30-21)18-11-7-6-8-12-18)22(17)25-28(5)19-13-9-10-14-20(19)29(25)26(2,3)4/h9-10,13-16,18H,6-8,11-12H2,1-5H3/q+1. The number of para-hydroxylation sites is 2. The van der Waals surface area contributed by atoms with E-state index in [0.717, 1.165) is 0 Å². The van der Waals surface area contributed by atoms with Crippen LogP contribution < -0.4 is 4.57 Å². The molecule has 0 saturated heterocycles. The highest BCUT2D eigenvalue weighted by atomic mass is 32.1. The van der Waals surface area contributed by atoms with Crippen LogP contribution in [-0.2, 0) is 12.6 Å². The van der Waals surface area contributed by atoms with Crippen molar-refractivity contribution < 1.29 is 4.57 Å². The number of fused-ring (bicyclic) bond motifs is 2. The molecule has 5 rings (SSSR count). The number of rotatable bonds is 2. The van der Waals surface area contributed by atoms with Crippen molar-refractivity contribution in [2.24, 2.45) is 7.05 Å². The van der Waals surface area contributed by atoms with E-state index in [4.69, 9.17) is 4.98 Å². The van der Waals surface area contributed by atoms with Gasteiger partial charge in [0.05, 0.1) is 27.8 Å². The third kappa shape index (κ3) is 3.08. The highest BCUT2D eigenvalue weighted by Crippen LogP contribution is 2.41. The van der Waals surface area contributed by atoms with Crippen LogP contribution in [-0.4, -0.2) is 9.55 Å². The molecular weight excluding hydrogens is 386 g/mol. The summed E-state index contributed by atoms with van der Waals surface area (Å²) in [6, 6.07) is 13.3. The Morgan fingerprint density at radius 3 is 2.50 bits per heavy atom. The average molecular weight is 419 g/mol. The lowest BCUT2D eigenvalue weighted by Gasteiger charge is -2.19. The number of benzene rings is 2. The molecule has 0 N–H and O–H groups in total. The third-order valence-electron chi connectivity index (χ3n) is 6.65. The first-order valence-electron chi connectivity index (χ1n) is 11.3. The van der Waals surface area contributed by atoms with Gasteiger partial charge in [0.25, 0.3) is 5.82 Å². The Kier molecular flexibility index (Phi) is 4.73. The van der Waals surface area contributed by atoms with Gasteiger partial charge in [-0.15, -0.1) is 11.3 Å². The Labute approximate surface area is 183 Å². The number of hydrogen-bond acceptors (Lipinski definition) is 2. The van der Waals surface area contributed by atoms with Crippen molar-refractivity contribution in [3.8, 4) is 11.4 Å². The van der Waals surface area contributed by atoms with E-state index in [0.29, 0.717) is 5.92 Å². The second-order valence-corrected chi connectivity index (χ2v) is 10.9. The zero-order chi connectivity index (χ0) is 21.0. The van der Waals surface area contributed by atoms with Crippen LogP contribution in [0.3, 0.4) is 0 Å². The molecule has 0 bridgehead atoms. The average Bonchev–Trinajstić information content (AvgIpc) is 3.28. The van der Waals surface area contributed by atoms with Gasteiger partial charge >= 0.3 is 0 Å². The van der Waals surface area contributed by atoms with Crippen LogP contribution in [0.5, 0.6) is 0 Å². The van der Waals surface area contributed by atoms with Gasteiger partial charge in [0.15, 0.2) is 11.0 Å². The Hall–Kier alpha value is -2.20. The molecule has 4 aromatic rings. The van der Waals surface area contributed by atoms with Gasteiger partial charge in [-0.1, -0.05) is 37.5 Å². The summed E-state index contributed by atoms with van der Waals surface area (Å²) in [5.41, 5.74) is 6.28. The van der Waals surface area contributed by atoms with Gasteiger partial charge in [-0.3, -0.25) is 0 Å². The molecule has 1 fully saturated rings. The molecule has 0 aliphatic heterocycles. The van der Waals surface area contributed by atoms with Gasteiger partial charge in [0.2, 0.25) is 0 Å². The summed E-state index contributed by atoms with van der Waals surface area (Å²) < 4.78 is 6.19. The zero-order valence-electron chi connectivity index (χ0n) is 18.8. The molecule has 1 saturated carbocycles. The van der Waals surface area contributed by atoms with Crippen LogP contribution >= 0.6 is 11.3 Å². The topological polar surface area (TPSA) is 21.7 Å². The normalized spacial score (nSPS) is 16.0. The largest absolute Gasteiger partial charge is 0.292 e. The maximum Gasteiger partial charge on any atom is 0.292 e. The van der Waals surface area contributed by atoms with E-state index < -0.39 is 0 Å². The van der Waals surface area contributed by atoms with Crippen molar-refractivity contribution in [3.63, 3.8) is 0 Å². The fourth-order valence-electron chi connectivity index (χ4n) is 5.19. The fourth-order valence-corrected chi connectivity index (χ4v) is 6.34. The summed E-state index contributed by atoms with van der Waals surface area (Å²) in [6.07, 6.45) is 6.67. The summed E-state index contributed by atoms with van der Waals surface area (Å²) in [6.45, 7) is 9.13. The van der Waals surface area contributed by atoms with Crippen LogP contribution in [0.15, 0.2) is 36.4 Å². The minimum absolute atomic E-state index is 0.0347. The molecule has 2 aromatic carbocycles. The minimum atomic E-state index is -0.0347. The number of aryl methyl sites for hydroxylation is 2. The van der Waals surface area contributed by atoms with E-state index in [9.17, 15) is 0 Å². The maximum absolute atomic E-state index is 5.30. The first-order chi connectivity index (χ1) is 14.4. The highest BCUT2D eigenvalue weighted by molar-refractivity contribution is 7.18. The lowest BCUT2D eigenvalue weighted by Crippen LogP contribution is -2.33. The van der Waals surface area contributed by atoms with Crippen LogP contribution in [0.25, 0.3) is 32.6 Å². The van der Waals surface area contributed by atoms with Gasteiger partial charge in [0.1, 0.15) is 5.54 Å². The number of aromatic nitrogens is 3. The quantitative estimate of drug-likeness (QED) is 0.326. The summed E-state index contributed by atoms with van der Waals surface area (Å²) in [5.74, 6) is 1.90. The summed E-state index contributed by atoms with van der Waals surface area (Å²) in [7, 11) is 2.20. The van der Waals surface area contributed by atoms with Crippen LogP contribution in [0, 0.1) is 6.92 Å². The molecule has 0 spiro atoms. The number of thiazole rings is 1. The Morgan fingerprint density at radius 2 is 1.77 bits per heavy atom. The monoisotopic (exact) mass is 418 g/mol. The molecule has 0 atom stereocenters. The molecule has 0 unspecified atom stereocenters. The third-order valence-corrected chi connectivity index (χ3v) is 7.83. The highest BCUT2D eigenvalue weighted by Gasteiger charge is 2.34. The molecule has 4 heteroatoms. The van der Waals surface area contributed by atoms with E-state index in [1.54, 1.807) is 0 Å². The molecule has 2 heterocycles.